The van der Waals surface area contributed by atoms with Crippen molar-refractivity contribution in [1.82, 2.24) is 9.80 Å². The van der Waals surface area contributed by atoms with Crippen LogP contribution in [0.5, 0.6) is 0 Å². The van der Waals surface area contributed by atoms with Crippen LogP contribution in [0.15, 0.2) is 36.4 Å². The number of hydrogen-bond acceptors (Lipinski definition) is 6. The van der Waals surface area contributed by atoms with Crippen molar-refractivity contribution in [3.8, 4) is 23.7 Å². The first-order valence-electron chi connectivity index (χ1n) is 22.2. The van der Waals surface area contributed by atoms with E-state index in [-0.39, 0.29) is 31.5 Å². The molecule has 0 aliphatic carbocycles. The normalized spacial score (nSPS) is 11.3. The second kappa shape index (κ2) is 30.3. The molecular formula is C50H72F2N2O8. The van der Waals surface area contributed by atoms with Crippen LogP contribution < -0.4 is 0 Å². The van der Waals surface area contributed by atoms with E-state index in [1.165, 1.54) is 88.7 Å². The second-order valence-electron chi connectivity index (χ2n) is 16.9. The van der Waals surface area contributed by atoms with Gasteiger partial charge in [-0.2, -0.15) is 0 Å². The average molecular weight is 867 g/mol. The van der Waals surface area contributed by atoms with E-state index < -0.39 is 46.3 Å². The molecule has 344 valence electrons. The SMILES string of the molecule is CCCCCCCCCc1ccc(CN(C)CC#CCC(C)(C(=O)O)C(=O)O)c(F)c1F.CCCCCCCCCc1ccc(CN(C)CC#CCC(C)(C(=O)O)C(=O)O)cc1. The molecule has 0 aliphatic rings. The molecule has 10 nitrogen and oxygen atoms in total. The molecule has 0 aromatic heterocycles. The zero-order valence-corrected chi connectivity index (χ0v) is 38.1. The van der Waals surface area contributed by atoms with Crippen LogP contribution in [0.2, 0.25) is 0 Å². The van der Waals surface area contributed by atoms with E-state index in [4.69, 9.17) is 20.4 Å². The number of benzene rings is 2. The number of aliphatic carboxylic acids is 4. The summed E-state index contributed by atoms with van der Waals surface area (Å²) >= 11 is 0. The van der Waals surface area contributed by atoms with Gasteiger partial charge in [-0.05, 0) is 70.3 Å². The predicted molar refractivity (Wildman–Crippen MR) is 240 cm³/mol. The highest BCUT2D eigenvalue weighted by molar-refractivity contribution is 5.98. The minimum atomic E-state index is -1.98. The summed E-state index contributed by atoms with van der Waals surface area (Å²) in [5, 5.41) is 36.3. The molecule has 0 saturated carbocycles. The number of aryl methyl sites for hydroxylation is 2. The lowest BCUT2D eigenvalue weighted by molar-refractivity contribution is -0.164. The predicted octanol–water partition coefficient (Wildman–Crippen LogP) is 10.2. The van der Waals surface area contributed by atoms with E-state index in [0.29, 0.717) is 18.5 Å². The molecule has 0 bridgehead atoms. The summed E-state index contributed by atoms with van der Waals surface area (Å²) in [4.78, 5) is 48.2. The molecule has 2 aromatic carbocycles. The van der Waals surface area contributed by atoms with Crippen molar-refractivity contribution < 1.29 is 48.4 Å². The van der Waals surface area contributed by atoms with Gasteiger partial charge in [0.25, 0.3) is 0 Å². The largest absolute Gasteiger partial charge is 0.480 e. The van der Waals surface area contributed by atoms with Gasteiger partial charge in [0.05, 0.1) is 13.1 Å². The quantitative estimate of drug-likeness (QED) is 0.0369. The van der Waals surface area contributed by atoms with Crippen molar-refractivity contribution in [1.29, 1.82) is 0 Å². The Morgan fingerprint density at radius 1 is 0.500 bits per heavy atom. The number of rotatable bonds is 28. The van der Waals surface area contributed by atoms with Crippen LogP contribution in [0.4, 0.5) is 8.78 Å². The van der Waals surface area contributed by atoms with Crippen molar-refractivity contribution in [2.75, 3.05) is 27.2 Å². The van der Waals surface area contributed by atoms with Crippen LogP contribution in [0.1, 0.15) is 153 Å². The fourth-order valence-electron chi connectivity index (χ4n) is 6.37. The van der Waals surface area contributed by atoms with Gasteiger partial charge in [-0.15, -0.1) is 11.8 Å². The highest BCUT2D eigenvalue weighted by atomic mass is 19.2. The second-order valence-corrected chi connectivity index (χ2v) is 16.9. The Balaban J connectivity index is 0.000000621. The molecule has 0 unspecified atom stereocenters. The molecule has 0 radical (unpaired) electrons. The topological polar surface area (TPSA) is 156 Å². The number of carboxylic acid groups (broad SMARTS) is 4. The summed E-state index contributed by atoms with van der Waals surface area (Å²) in [6.45, 7) is 8.18. The fraction of sp³-hybridized carbons (Fsp3) is 0.600. The molecule has 0 fully saturated rings. The summed E-state index contributed by atoms with van der Waals surface area (Å²) in [6.07, 6.45) is 18.2. The molecule has 2 rings (SSSR count). The Morgan fingerprint density at radius 3 is 1.29 bits per heavy atom. The summed E-state index contributed by atoms with van der Waals surface area (Å²) < 4.78 is 28.9. The lowest BCUT2D eigenvalue weighted by atomic mass is 9.87. The maximum Gasteiger partial charge on any atom is 0.321 e. The van der Waals surface area contributed by atoms with E-state index in [2.05, 4.69) is 61.8 Å². The molecule has 0 spiro atoms. The van der Waals surface area contributed by atoms with Crippen molar-refractivity contribution >= 4 is 23.9 Å². The lowest BCUT2D eigenvalue weighted by Gasteiger charge is -2.16. The summed E-state index contributed by atoms with van der Waals surface area (Å²) in [5.74, 6) is 3.56. The third-order valence-electron chi connectivity index (χ3n) is 11.0. The van der Waals surface area contributed by atoms with Crippen LogP contribution in [0, 0.1) is 46.1 Å². The molecule has 0 heterocycles. The lowest BCUT2D eigenvalue weighted by Crippen LogP contribution is -2.35. The monoisotopic (exact) mass is 867 g/mol. The van der Waals surface area contributed by atoms with Gasteiger partial charge in [0.2, 0.25) is 0 Å². The van der Waals surface area contributed by atoms with Crippen molar-refractivity contribution in [2.24, 2.45) is 10.8 Å². The first-order valence-corrected chi connectivity index (χ1v) is 22.2. The Kier molecular flexibility index (Phi) is 27.0. The average Bonchev–Trinajstić information content (AvgIpc) is 3.23. The Morgan fingerprint density at radius 2 is 0.855 bits per heavy atom. The minimum Gasteiger partial charge on any atom is -0.480 e. The molecule has 62 heavy (non-hydrogen) atoms. The minimum absolute atomic E-state index is 0.129. The van der Waals surface area contributed by atoms with Gasteiger partial charge < -0.3 is 20.4 Å². The zero-order valence-electron chi connectivity index (χ0n) is 38.1. The fourth-order valence-corrected chi connectivity index (χ4v) is 6.37. The standard InChI is InChI=1S/C25H35F2NO4.C25H37NO4/c1-4-5-6-7-8-9-10-13-19-14-15-20(22(27)21(19)26)18-28(3)17-12-11-16-25(2,23(29)30)24(31)32;1-4-5-6-7-8-9-10-13-21-14-16-22(17-15-21)20-26(3)19-12-11-18-25(2,23(27)28)24(29)30/h14-15H,4-10,13,16-18H2,1-3H3,(H,29,30)(H,31,32);14-17H,4-10,13,18-20H2,1-3H3,(H,27,28)(H,29,30). The third-order valence-corrected chi connectivity index (χ3v) is 11.0. The number of halogens is 2. The molecule has 2 aromatic rings. The van der Waals surface area contributed by atoms with Gasteiger partial charge in [-0.3, -0.25) is 29.0 Å². The molecule has 0 atom stereocenters. The van der Waals surface area contributed by atoms with Gasteiger partial charge in [0.15, 0.2) is 22.5 Å². The highest BCUT2D eigenvalue weighted by Gasteiger charge is 2.41. The van der Waals surface area contributed by atoms with Crippen LogP contribution in [0.25, 0.3) is 0 Å². The van der Waals surface area contributed by atoms with E-state index in [0.717, 1.165) is 39.2 Å². The van der Waals surface area contributed by atoms with E-state index >= 15 is 0 Å². The maximum absolute atomic E-state index is 14.5. The molecule has 12 heteroatoms. The van der Waals surface area contributed by atoms with Gasteiger partial charge in [0.1, 0.15) is 0 Å². The van der Waals surface area contributed by atoms with Gasteiger partial charge in [-0.25, -0.2) is 8.78 Å². The number of carbonyl (C=O) groups is 4. The molecule has 0 saturated heterocycles. The third kappa shape index (κ3) is 20.9. The molecule has 0 amide bonds. The van der Waals surface area contributed by atoms with Crippen LogP contribution in [-0.2, 0) is 45.1 Å². The first kappa shape index (κ1) is 55.2. The number of unbranched alkanes of at least 4 members (excludes halogenated alkanes) is 12. The van der Waals surface area contributed by atoms with Crippen LogP contribution >= 0.6 is 0 Å². The van der Waals surface area contributed by atoms with E-state index in [1.54, 1.807) is 24.1 Å². The number of carboxylic acids is 4. The summed E-state index contributed by atoms with van der Waals surface area (Å²) in [7, 11) is 3.61. The Bertz CT molecular complexity index is 1780. The zero-order chi connectivity index (χ0) is 46.6. The van der Waals surface area contributed by atoms with Crippen molar-refractivity contribution in [3.63, 3.8) is 0 Å². The molecule has 0 aliphatic heterocycles. The van der Waals surface area contributed by atoms with Crippen molar-refractivity contribution in [3.05, 3.63) is 70.3 Å². The Labute approximate surface area is 369 Å². The first-order chi connectivity index (χ1) is 29.4. The maximum atomic E-state index is 14.5. The van der Waals surface area contributed by atoms with Crippen molar-refractivity contribution in [2.45, 2.75) is 156 Å². The number of nitrogens with zero attached hydrogens (tertiary/aromatic N) is 2. The number of hydrogen-bond donors (Lipinski definition) is 4. The van der Waals surface area contributed by atoms with Gasteiger partial charge in [-0.1, -0.05) is 139 Å². The highest BCUT2D eigenvalue weighted by Crippen LogP contribution is 2.23. The van der Waals surface area contributed by atoms with Crippen LogP contribution in [0.3, 0.4) is 0 Å². The Hall–Kier alpha value is -4.78. The summed E-state index contributed by atoms with van der Waals surface area (Å²) in [6, 6.07) is 11.9. The van der Waals surface area contributed by atoms with Crippen LogP contribution in [-0.4, -0.2) is 81.3 Å². The van der Waals surface area contributed by atoms with E-state index in [1.807, 2.05) is 11.9 Å². The van der Waals surface area contributed by atoms with Gasteiger partial charge in [0, 0.05) is 31.5 Å². The van der Waals surface area contributed by atoms with E-state index in [9.17, 15) is 28.0 Å². The molecule has 4 N–H and O–H groups in total. The smallest absolute Gasteiger partial charge is 0.321 e. The molecular weight excluding hydrogens is 795 g/mol. The van der Waals surface area contributed by atoms with Gasteiger partial charge >= 0.3 is 23.9 Å². The summed E-state index contributed by atoms with van der Waals surface area (Å²) in [5.41, 5.74) is -0.664.